The molecule has 0 saturated heterocycles. The highest BCUT2D eigenvalue weighted by atomic mass is 33.1. The van der Waals surface area contributed by atoms with E-state index in [0.717, 1.165) is 24.6 Å². The summed E-state index contributed by atoms with van der Waals surface area (Å²) in [6.07, 6.45) is 20.2. The number of aromatic nitrogens is 1. The predicted molar refractivity (Wildman–Crippen MR) is 183 cm³/mol. The van der Waals surface area contributed by atoms with Crippen LogP contribution in [0, 0.1) is 0 Å². The second-order valence-corrected chi connectivity index (χ2v) is 12.0. The molecule has 0 N–H and O–H groups in total. The van der Waals surface area contributed by atoms with Crippen LogP contribution in [0.1, 0.15) is 16.8 Å². The molecular weight excluding hydrogens is 529 g/mol. The van der Waals surface area contributed by atoms with Crippen molar-refractivity contribution in [3.63, 3.8) is 0 Å². The van der Waals surface area contributed by atoms with Gasteiger partial charge in [-0.05, 0) is 53.6 Å². The first-order chi connectivity index (χ1) is 19.6. The summed E-state index contributed by atoms with van der Waals surface area (Å²) in [7, 11) is 12.1. The van der Waals surface area contributed by atoms with E-state index in [1.165, 1.54) is 28.2 Å². The van der Waals surface area contributed by atoms with Crippen LogP contribution in [0.25, 0.3) is 18.2 Å². The van der Waals surface area contributed by atoms with Gasteiger partial charge < -0.3 is 9.80 Å². The van der Waals surface area contributed by atoms with Crippen LogP contribution in [-0.4, -0.2) is 52.0 Å². The number of hydrogen-bond donors (Lipinski definition) is 0. The van der Waals surface area contributed by atoms with Gasteiger partial charge in [0.15, 0.2) is 6.20 Å². The quantitative estimate of drug-likeness (QED) is 0.0623. The van der Waals surface area contributed by atoms with Gasteiger partial charge in [-0.3, -0.25) is 4.99 Å². The van der Waals surface area contributed by atoms with E-state index >= 15 is 0 Å². The molecule has 208 valence electrons. The number of aryl methyl sites for hydroxylation is 1. The van der Waals surface area contributed by atoms with Crippen LogP contribution in [0.5, 0.6) is 0 Å². The van der Waals surface area contributed by atoms with Crippen LogP contribution in [0.2, 0.25) is 0 Å². The van der Waals surface area contributed by atoms with E-state index in [0.29, 0.717) is 0 Å². The lowest BCUT2D eigenvalue weighted by molar-refractivity contribution is -0.673. The minimum Gasteiger partial charge on any atom is -0.374 e. The van der Waals surface area contributed by atoms with Crippen molar-refractivity contribution in [1.82, 2.24) is 0 Å². The smallest absolute Gasteiger partial charge is 0.204 e. The normalized spacial score (nSPS) is 12.1. The lowest BCUT2D eigenvalue weighted by Gasteiger charge is -2.20. The standard InChI is InChI=1S/C34H41N4S2/c1-35-24-10-7-5-6-8-12-30-14-20-33(21-15-30)37(3)26-28-39-40-29-27-38(4)34-22-17-31(18-23-34)16-19-32-13-9-11-25-36(32)2/h5-25H,26-29H2,1-4H3/q+1/b6-5+,10-7-,12-8+,35-24?. The van der Waals surface area contributed by atoms with Crippen molar-refractivity contribution in [2.75, 3.05) is 55.5 Å². The number of anilines is 2. The van der Waals surface area contributed by atoms with Crippen molar-refractivity contribution in [3.8, 4) is 0 Å². The van der Waals surface area contributed by atoms with Crippen LogP contribution in [0.3, 0.4) is 0 Å². The number of aliphatic imine (C=N–C) groups is 1. The highest BCUT2D eigenvalue weighted by Gasteiger charge is 2.04. The summed E-state index contributed by atoms with van der Waals surface area (Å²) in [5, 5.41) is 0. The molecule has 0 fully saturated rings. The summed E-state index contributed by atoms with van der Waals surface area (Å²) in [4.78, 5) is 8.56. The molecule has 0 unspecified atom stereocenters. The summed E-state index contributed by atoms with van der Waals surface area (Å²) in [6, 6.07) is 23.7. The monoisotopic (exact) mass is 569 g/mol. The van der Waals surface area contributed by atoms with Crippen molar-refractivity contribution in [2.24, 2.45) is 12.0 Å². The van der Waals surface area contributed by atoms with E-state index in [9.17, 15) is 0 Å². The largest absolute Gasteiger partial charge is 0.374 e. The molecule has 0 aliphatic heterocycles. The molecule has 0 aliphatic carbocycles. The molecule has 1 aromatic heterocycles. The Morgan fingerprint density at radius 2 is 1.23 bits per heavy atom. The molecule has 0 spiro atoms. The molecule has 40 heavy (non-hydrogen) atoms. The molecule has 1 heterocycles. The summed E-state index contributed by atoms with van der Waals surface area (Å²) >= 11 is 0. The van der Waals surface area contributed by atoms with E-state index in [4.69, 9.17) is 0 Å². The van der Waals surface area contributed by atoms with Crippen molar-refractivity contribution in [2.45, 2.75) is 0 Å². The Labute approximate surface area is 248 Å². The molecule has 0 saturated carbocycles. The molecule has 3 rings (SSSR count). The van der Waals surface area contributed by atoms with Gasteiger partial charge in [0.1, 0.15) is 7.05 Å². The van der Waals surface area contributed by atoms with Crippen LogP contribution in [-0.2, 0) is 7.05 Å². The maximum absolute atomic E-state index is 3.91. The Hall–Kier alpha value is -3.48. The average molecular weight is 570 g/mol. The van der Waals surface area contributed by atoms with Crippen molar-refractivity contribution < 1.29 is 4.57 Å². The van der Waals surface area contributed by atoms with Gasteiger partial charge in [-0.15, -0.1) is 0 Å². The molecular formula is C34H41N4S2+. The molecule has 4 nitrogen and oxygen atoms in total. The Bertz CT molecular complexity index is 1290. The molecule has 6 heteroatoms. The highest BCUT2D eigenvalue weighted by molar-refractivity contribution is 8.76. The molecule has 3 aromatic rings. The Morgan fingerprint density at radius 1 is 0.675 bits per heavy atom. The molecule has 0 atom stereocenters. The minimum absolute atomic E-state index is 1.02. The van der Waals surface area contributed by atoms with Gasteiger partial charge in [-0.1, -0.05) is 76.2 Å². The summed E-state index contributed by atoms with van der Waals surface area (Å²) in [6.45, 7) is 2.05. The molecule has 0 bridgehead atoms. The SMILES string of the molecule is CN=C\C=C/C=C/C=C/c1ccc(N(C)CCSSCCN(C)c2ccc(/C=C/c3cccc[n+]3C)cc2)cc1. The van der Waals surface area contributed by atoms with Gasteiger partial charge in [0, 0.05) is 81.5 Å². The van der Waals surface area contributed by atoms with Crippen LogP contribution < -0.4 is 14.4 Å². The first-order valence-corrected chi connectivity index (χ1v) is 16.0. The van der Waals surface area contributed by atoms with E-state index < -0.39 is 0 Å². The molecule has 0 amide bonds. The topological polar surface area (TPSA) is 22.7 Å². The number of hydrogen-bond acceptors (Lipinski definition) is 5. The fraction of sp³-hybridized carbons (Fsp3) is 0.235. The van der Waals surface area contributed by atoms with Crippen molar-refractivity contribution >= 4 is 57.4 Å². The average Bonchev–Trinajstić information content (AvgIpc) is 2.98. The van der Waals surface area contributed by atoms with Gasteiger partial charge in [-0.25, -0.2) is 4.57 Å². The number of allylic oxidation sites excluding steroid dienone is 5. The van der Waals surface area contributed by atoms with Crippen molar-refractivity contribution in [3.05, 3.63) is 120 Å². The molecule has 0 radical (unpaired) electrons. The summed E-state index contributed by atoms with van der Waals surface area (Å²) < 4.78 is 2.12. The third kappa shape index (κ3) is 11.3. The van der Waals surface area contributed by atoms with Crippen LogP contribution in [0.15, 0.2) is 108 Å². The van der Waals surface area contributed by atoms with Gasteiger partial charge in [0.2, 0.25) is 5.69 Å². The second-order valence-electron chi connectivity index (χ2n) is 9.28. The third-order valence-corrected chi connectivity index (χ3v) is 8.65. The highest BCUT2D eigenvalue weighted by Crippen LogP contribution is 2.23. The van der Waals surface area contributed by atoms with Crippen LogP contribution in [0.4, 0.5) is 11.4 Å². The van der Waals surface area contributed by atoms with Gasteiger partial charge in [0.25, 0.3) is 0 Å². The lowest BCUT2D eigenvalue weighted by Crippen LogP contribution is -2.30. The van der Waals surface area contributed by atoms with Gasteiger partial charge in [-0.2, -0.15) is 0 Å². The lowest BCUT2D eigenvalue weighted by atomic mass is 10.1. The number of benzene rings is 2. The second kappa shape index (κ2) is 18.0. The van der Waals surface area contributed by atoms with E-state index in [-0.39, 0.29) is 0 Å². The minimum atomic E-state index is 1.02. The Kier molecular flexibility index (Phi) is 14.0. The molecule has 0 aliphatic rings. The first-order valence-electron chi connectivity index (χ1n) is 13.5. The summed E-state index contributed by atoms with van der Waals surface area (Å²) in [5.41, 5.74) is 6.08. The van der Waals surface area contributed by atoms with E-state index in [1.807, 2.05) is 52.0 Å². The van der Waals surface area contributed by atoms with Crippen LogP contribution >= 0.6 is 21.6 Å². The van der Waals surface area contributed by atoms with E-state index in [2.05, 4.69) is 132 Å². The van der Waals surface area contributed by atoms with E-state index in [1.54, 1.807) is 13.3 Å². The maximum Gasteiger partial charge on any atom is 0.204 e. The van der Waals surface area contributed by atoms with Crippen molar-refractivity contribution in [1.29, 1.82) is 0 Å². The Balaban J connectivity index is 1.31. The number of nitrogens with zero attached hydrogens (tertiary/aromatic N) is 4. The number of rotatable bonds is 15. The molecule has 2 aromatic carbocycles. The zero-order valence-electron chi connectivity index (χ0n) is 24.1. The number of pyridine rings is 1. The zero-order valence-corrected chi connectivity index (χ0v) is 25.7. The third-order valence-electron chi connectivity index (χ3n) is 6.28. The fourth-order valence-corrected chi connectivity index (χ4v) is 5.88. The fourth-order valence-electron chi connectivity index (χ4n) is 3.79. The Morgan fingerprint density at radius 3 is 1.80 bits per heavy atom. The zero-order chi connectivity index (χ0) is 28.4. The summed E-state index contributed by atoms with van der Waals surface area (Å²) in [5.74, 6) is 2.18. The predicted octanol–water partition coefficient (Wildman–Crippen LogP) is 7.46. The van der Waals surface area contributed by atoms with Gasteiger partial charge >= 0.3 is 0 Å². The van der Waals surface area contributed by atoms with Gasteiger partial charge in [0.05, 0.1) is 0 Å². The maximum atomic E-state index is 3.91. The first kappa shape index (κ1) is 31.1.